The number of thiazole rings is 1. The number of thioether (sulfide) groups is 1. The Labute approximate surface area is 204 Å². The highest BCUT2D eigenvalue weighted by Crippen LogP contribution is 2.34. The van der Waals surface area contributed by atoms with E-state index in [0.717, 1.165) is 28.2 Å². The summed E-state index contributed by atoms with van der Waals surface area (Å²) in [6.45, 7) is 10.4. The van der Waals surface area contributed by atoms with Crippen molar-refractivity contribution in [3.63, 3.8) is 0 Å². The number of rotatable bonds is 10. The van der Waals surface area contributed by atoms with Gasteiger partial charge in [0.1, 0.15) is 0 Å². The molecule has 0 saturated carbocycles. The summed E-state index contributed by atoms with van der Waals surface area (Å²) in [6, 6.07) is 12.4. The maximum absolute atomic E-state index is 13.7. The Morgan fingerprint density at radius 2 is 1.79 bits per heavy atom. The lowest BCUT2D eigenvalue weighted by atomic mass is 10.2. The standard InChI is InChI=1S/C24H31N3O3S3/c1-6-26(7-2)14-15-27(24-25-22-20(31-5)12-9-13-21(22)32-24)23(28)18-10-8-11-19(16-18)33(29,30)17(3)4/h8-13,16-17H,6-7,14-15H2,1-5H3. The number of carbonyl (C=O) groups is 1. The monoisotopic (exact) mass is 505 g/mol. The molecule has 0 bridgehead atoms. The van der Waals surface area contributed by atoms with E-state index in [1.165, 1.54) is 17.4 Å². The van der Waals surface area contributed by atoms with Crippen LogP contribution in [-0.2, 0) is 9.84 Å². The van der Waals surface area contributed by atoms with Gasteiger partial charge >= 0.3 is 0 Å². The van der Waals surface area contributed by atoms with Crippen LogP contribution in [0.5, 0.6) is 0 Å². The smallest absolute Gasteiger partial charge is 0.260 e. The number of fused-ring (bicyclic) bond motifs is 1. The second-order valence-corrected chi connectivity index (χ2v) is 12.3. The van der Waals surface area contributed by atoms with Crippen LogP contribution in [0, 0.1) is 0 Å². The Kier molecular flexibility index (Phi) is 8.55. The van der Waals surface area contributed by atoms with Crippen LogP contribution in [0.3, 0.4) is 0 Å². The highest BCUT2D eigenvalue weighted by Gasteiger charge is 2.25. The lowest BCUT2D eigenvalue weighted by Gasteiger charge is -2.25. The molecule has 0 fully saturated rings. The second kappa shape index (κ2) is 11.0. The van der Waals surface area contributed by atoms with Gasteiger partial charge in [0, 0.05) is 23.5 Å². The van der Waals surface area contributed by atoms with E-state index in [-0.39, 0.29) is 10.8 Å². The molecule has 3 aromatic rings. The van der Waals surface area contributed by atoms with Gasteiger partial charge in [0.05, 0.1) is 20.4 Å². The fraction of sp³-hybridized carbons (Fsp3) is 0.417. The summed E-state index contributed by atoms with van der Waals surface area (Å²) in [5.41, 5.74) is 1.24. The minimum Gasteiger partial charge on any atom is -0.302 e. The van der Waals surface area contributed by atoms with Crippen molar-refractivity contribution in [2.45, 2.75) is 42.7 Å². The molecule has 0 unspecified atom stereocenters. The molecular formula is C24H31N3O3S3. The molecule has 0 N–H and O–H groups in total. The molecule has 9 heteroatoms. The average molecular weight is 506 g/mol. The molecule has 33 heavy (non-hydrogen) atoms. The van der Waals surface area contributed by atoms with E-state index < -0.39 is 15.1 Å². The topological polar surface area (TPSA) is 70.6 Å². The van der Waals surface area contributed by atoms with E-state index in [1.54, 1.807) is 48.7 Å². The molecule has 0 aliphatic heterocycles. The number of likely N-dealkylation sites (N-methyl/N-ethyl adjacent to an activating group) is 1. The van der Waals surface area contributed by atoms with Crippen LogP contribution in [0.25, 0.3) is 10.2 Å². The van der Waals surface area contributed by atoms with Gasteiger partial charge in [-0.1, -0.05) is 37.3 Å². The molecule has 1 amide bonds. The molecule has 0 saturated heterocycles. The molecule has 0 aliphatic carbocycles. The Morgan fingerprint density at radius 3 is 2.42 bits per heavy atom. The van der Waals surface area contributed by atoms with Gasteiger partial charge in [-0.2, -0.15) is 0 Å². The minimum absolute atomic E-state index is 0.168. The molecular weight excluding hydrogens is 474 g/mol. The van der Waals surface area contributed by atoms with Gasteiger partial charge in [-0.15, -0.1) is 11.8 Å². The van der Waals surface area contributed by atoms with Gasteiger partial charge in [-0.3, -0.25) is 9.69 Å². The zero-order valence-electron chi connectivity index (χ0n) is 19.7. The summed E-state index contributed by atoms with van der Waals surface area (Å²) < 4.78 is 26.4. The van der Waals surface area contributed by atoms with Gasteiger partial charge < -0.3 is 4.90 Å². The molecule has 0 radical (unpaired) electrons. The van der Waals surface area contributed by atoms with E-state index in [1.807, 2.05) is 24.5 Å². The minimum atomic E-state index is -3.48. The first-order valence-corrected chi connectivity index (χ1v) is 14.6. The third kappa shape index (κ3) is 5.59. The van der Waals surface area contributed by atoms with Gasteiger partial charge in [0.25, 0.3) is 5.91 Å². The van der Waals surface area contributed by atoms with Gasteiger partial charge in [-0.25, -0.2) is 13.4 Å². The first-order chi connectivity index (χ1) is 15.7. The predicted molar refractivity (Wildman–Crippen MR) is 140 cm³/mol. The third-order valence-electron chi connectivity index (χ3n) is 5.63. The van der Waals surface area contributed by atoms with Crippen molar-refractivity contribution in [2.24, 2.45) is 0 Å². The van der Waals surface area contributed by atoms with Crippen molar-refractivity contribution >= 4 is 54.2 Å². The number of anilines is 1. The largest absolute Gasteiger partial charge is 0.302 e. The molecule has 0 spiro atoms. The summed E-state index contributed by atoms with van der Waals surface area (Å²) in [4.78, 5) is 23.7. The number of benzene rings is 2. The van der Waals surface area contributed by atoms with Crippen molar-refractivity contribution in [1.82, 2.24) is 9.88 Å². The SMILES string of the molecule is CCN(CC)CCN(C(=O)c1cccc(S(=O)(=O)C(C)C)c1)c1nc2c(SC)cccc2s1. The van der Waals surface area contributed by atoms with E-state index in [4.69, 9.17) is 4.98 Å². The van der Waals surface area contributed by atoms with Crippen LogP contribution in [0.15, 0.2) is 52.3 Å². The number of amides is 1. The second-order valence-electron chi connectivity index (χ2n) is 7.91. The predicted octanol–water partition coefficient (Wildman–Crippen LogP) is 5.19. The molecule has 1 heterocycles. The summed E-state index contributed by atoms with van der Waals surface area (Å²) in [7, 11) is -3.48. The van der Waals surface area contributed by atoms with Crippen molar-refractivity contribution in [2.75, 3.05) is 37.3 Å². The first-order valence-electron chi connectivity index (χ1n) is 11.0. The van der Waals surface area contributed by atoms with Crippen LogP contribution in [-0.4, -0.2) is 61.9 Å². The summed E-state index contributed by atoms with van der Waals surface area (Å²) >= 11 is 3.11. The summed E-state index contributed by atoms with van der Waals surface area (Å²) in [5.74, 6) is -0.243. The first kappa shape index (κ1) is 25.7. The van der Waals surface area contributed by atoms with E-state index in [9.17, 15) is 13.2 Å². The zero-order chi connectivity index (χ0) is 24.2. The lowest BCUT2D eigenvalue weighted by Crippen LogP contribution is -2.39. The number of nitrogens with zero attached hydrogens (tertiary/aromatic N) is 3. The van der Waals surface area contributed by atoms with Crippen LogP contribution < -0.4 is 4.90 Å². The Hall–Kier alpha value is -1.94. The summed E-state index contributed by atoms with van der Waals surface area (Å²) in [5, 5.41) is 0.0663. The van der Waals surface area contributed by atoms with Gasteiger partial charge in [0.15, 0.2) is 15.0 Å². The van der Waals surface area contributed by atoms with Crippen LogP contribution >= 0.6 is 23.1 Å². The van der Waals surface area contributed by atoms with Crippen LogP contribution in [0.2, 0.25) is 0 Å². The van der Waals surface area contributed by atoms with Crippen molar-refractivity contribution in [1.29, 1.82) is 0 Å². The number of hydrogen-bond acceptors (Lipinski definition) is 7. The van der Waals surface area contributed by atoms with Crippen molar-refractivity contribution < 1.29 is 13.2 Å². The fourth-order valence-corrected chi connectivity index (χ4v) is 6.24. The van der Waals surface area contributed by atoms with E-state index in [2.05, 4.69) is 18.7 Å². The fourth-order valence-electron chi connectivity index (χ4n) is 3.49. The molecule has 0 aliphatic rings. The van der Waals surface area contributed by atoms with Gasteiger partial charge in [0.2, 0.25) is 0 Å². The van der Waals surface area contributed by atoms with Crippen LogP contribution in [0.1, 0.15) is 38.1 Å². The molecule has 6 nitrogen and oxygen atoms in total. The number of sulfone groups is 1. The number of para-hydroxylation sites is 1. The molecule has 1 aromatic heterocycles. The quantitative estimate of drug-likeness (QED) is 0.353. The van der Waals surface area contributed by atoms with E-state index in [0.29, 0.717) is 23.8 Å². The molecule has 178 valence electrons. The highest BCUT2D eigenvalue weighted by molar-refractivity contribution is 7.98. The Bertz CT molecular complexity index is 1220. The maximum atomic E-state index is 13.7. The zero-order valence-corrected chi connectivity index (χ0v) is 22.2. The summed E-state index contributed by atoms with van der Waals surface area (Å²) in [6.07, 6.45) is 2.01. The third-order valence-corrected chi connectivity index (χ3v) is 9.60. The molecule has 2 aromatic carbocycles. The van der Waals surface area contributed by atoms with E-state index >= 15 is 0 Å². The molecule has 0 atom stereocenters. The molecule has 3 rings (SSSR count). The normalized spacial score (nSPS) is 12.1. The number of carbonyl (C=O) groups excluding carboxylic acids is 1. The number of aromatic nitrogens is 1. The lowest BCUT2D eigenvalue weighted by molar-refractivity contribution is 0.0983. The Morgan fingerprint density at radius 1 is 1.09 bits per heavy atom. The number of hydrogen-bond donors (Lipinski definition) is 0. The van der Waals surface area contributed by atoms with Crippen LogP contribution in [0.4, 0.5) is 5.13 Å². The average Bonchev–Trinajstić information content (AvgIpc) is 3.25. The van der Waals surface area contributed by atoms with Gasteiger partial charge in [-0.05, 0) is 63.5 Å². The highest BCUT2D eigenvalue weighted by atomic mass is 32.2. The van der Waals surface area contributed by atoms with Crippen molar-refractivity contribution in [3.05, 3.63) is 48.0 Å². The Balaban J connectivity index is 2.04. The van der Waals surface area contributed by atoms with Crippen molar-refractivity contribution in [3.8, 4) is 0 Å². The maximum Gasteiger partial charge on any atom is 0.260 e.